The Balaban J connectivity index is 1.27. The summed E-state index contributed by atoms with van der Waals surface area (Å²) in [4.78, 5) is 28.5. The number of fused-ring (bicyclic) bond motifs is 2. The molecule has 4 aromatic rings. The number of sulfonamides is 1. The molecule has 2 aromatic heterocycles. The van der Waals surface area contributed by atoms with Gasteiger partial charge in [-0.2, -0.15) is 4.31 Å². The van der Waals surface area contributed by atoms with Gasteiger partial charge < -0.3 is 4.90 Å². The van der Waals surface area contributed by atoms with Crippen molar-refractivity contribution in [1.29, 1.82) is 0 Å². The van der Waals surface area contributed by atoms with Crippen LogP contribution < -0.4 is 0 Å². The molecule has 0 N–H and O–H groups in total. The lowest BCUT2D eigenvalue weighted by molar-refractivity contribution is 0.0735. The third-order valence-electron chi connectivity index (χ3n) is 7.15. The Labute approximate surface area is 209 Å². The van der Waals surface area contributed by atoms with Crippen molar-refractivity contribution in [2.24, 2.45) is 0 Å². The largest absolute Gasteiger partial charge is 0.334 e. The summed E-state index contributed by atoms with van der Waals surface area (Å²) < 4.78 is 29.2. The number of carbonyl (C=O) groups excluding carboxylic acids is 1. The quantitative estimate of drug-likeness (QED) is 0.425. The maximum Gasteiger partial charge on any atom is 0.254 e. The molecule has 4 heterocycles. The van der Waals surface area contributed by atoms with Gasteiger partial charge in [0.05, 0.1) is 17.4 Å². The summed E-state index contributed by atoms with van der Waals surface area (Å²) in [7, 11) is -3.77. The highest BCUT2D eigenvalue weighted by atomic mass is 32.2. The number of nitrogens with zero attached hydrogens (tertiary/aromatic N) is 5. The summed E-state index contributed by atoms with van der Waals surface area (Å²) >= 11 is 0. The van der Waals surface area contributed by atoms with E-state index in [0.29, 0.717) is 42.7 Å². The smallest absolute Gasteiger partial charge is 0.254 e. The van der Waals surface area contributed by atoms with E-state index in [1.54, 1.807) is 47.3 Å². The number of aromatic nitrogens is 3. The van der Waals surface area contributed by atoms with Gasteiger partial charge in [0.2, 0.25) is 10.0 Å². The number of rotatable bonds is 4. The summed E-state index contributed by atoms with van der Waals surface area (Å²) in [5, 5.41) is 0.804. The summed E-state index contributed by atoms with van der Waals surface area (Å²) in [5.74, 6) is -0.0882. The van der Waals surface area contributed by atoms with Crippen LogP contribution in [0.3, 0.4) is 0 Å². The molecule has 2 aliphatic rings. The average molecular weight is 500 g/mol. The van der Waals surface area contributed by atoms with E-state index < -0.39 is 10.0 Å². The number of aryl methyl sites for hydroxylation is 1. The minimum atomic E-state index is -3.77. The van der Waals surface area contributed by atoms with E-state index >= 15 is 0 Å². The number of hydrogen-bond donors (Lipinski definition) is 0. The first-order valence-electron chi connectivity index (χ1n) is 12.0. The second-order valence-corrected chi connectivity index (χ2v) is 11.2. The van der Waals surface area contributed by atoms with Crippen LogP contribution >= 0.6 is 0 Å². The van der Waals surface area contributed by atoms with E-state index in [-0.39, 0.29) is 22.9 Å². The lowest BCUT2D eigenvalue weighted by Crippen LogP contribution is -2.41. The fraction of sp³-hybridized carbons (Fsp3) is 0.259. The molecule has 2 aromatic carbocycles. The van der Waals surface area contributed by atoms with Crippen LogP contribution in [0.25, 0.3) is 22.2 Å². The Hall–Kier alpha value is -3.69. The zero-order valence-corrected chi connectivity index (χ0v) is 20.6. The number of para-hydroxylation sites is 1. The van der Waals surface area contributed by atoms with E-state index in [0.717, 1.165) is 16.5 Å². The molecule has 9 heteroatoms. The molecule has 0 saturated carbocycles. The topological polar surface area (TPSA) is 96.4 Å². The van der Waals surface area contributed by atoms with Crippen molar-refractivity contribution in [3.63, 3.8) is 0 Å². The molecule has 2 saturated heterocycles. The molecular weight excluding hydrogens is 474 g/mol. The molecule has 0 bridgehead atoms. The van der Waals surface area contributed by atoms with Crippen LogP contribution in [0.4, 0.5) is 0 Å². The van der Waals surface area contributed by atoms with Gasteiger partial charge in [0.15, 0.2) is 0 Å². The number of carbonyl (C=O) groups is 1. The van der Waals surface area contributed by atoms with E-state index in [1.807, 2.05) is 42.2 Å². The molecule has 1 amide bonds. The lowest BCUT2D eigenvalue weighted by atomic mass is 10.1. The van der Waals surface area contributed by atoms with Gasteiger partial charge in [-0.25, -0.2) is 8.42 Å². The standard InChI is InChI=1S/C27H25N5O3S/c1-18-14-20-5-3-7-25(26(20)30-16-18)36(34,35)32-13-9-23-24(32)8-12-31(23)27(33)21-6-2-4-19(15-21)22-17-28-10-11-29-22/h2-7,10-11,14-17,23-24H,8-9,12-13H2,1H3/t23-,24-/m1/s1. The first-order valence-corrected chi connectivity index (χ1v) is 13.4. The zero-order chi connectivity index (χ0) is 24.9. The van der Waals surface area contributed by atoms with Crippen molar-refractivity contribution in [2.75, 3.05) is 13.1 Å². The Morgan fingerprint density at radius 3 is 2.61 bits per heavy atom. The molecule has 0 spiro atoms. The molecule has 0 aliphatic carbocycles. The molecule has 2 fully saturated rings. The molecular formula is C27H25N5O3S. The monoisotopic (exact) mass is 499 g/mol. The number of pyridine rings is 1. The van der Waals surface area contributed by atoms with Crippen molar-refractivity contribution < 1.29 is 13.2 Å². The lowest BCUT2D eigenvalue weighted by Gasteiger charge is -2.26. The van der Waals surface area contributed by atoms with Crippen molar-refractivity contribution in [3.8, 4) is 11.3 Å². The molecule has 8 nitrogen and oxygen atoms in total. The first kappa shape index (κ1) is 22.8. The van der Waals surface area contributed by atoms with E-state index in [2.05, 4.69) is 15.0 Å². The maximum atomic E-state index is 13.8. The Kier molecular flexibility index (Phi) is 5.54. The molecule has 36 heavy (non-hydrogen) atoms. The summed E-state index contributed by atoms with van der Waals surface area (Å²) in [6, 6.07) is 14.2. The summed E-state index contributed by atoms with van der Waals surface area (Å²) in [5.41, 5.74) is 3.54. The predicted molar refractivity (Wildman–Crippen MR) is 136 cm³/mol. The van der Waals surface area contributed by atoms with Gasteiger partial charge in [-0.3, -0.25) is 19.7 Å². The summed E-state index contributed by atoms with van der Waals surface area (Å²) in [6.07, 6.45) is 7.80. The van der Waals surface area contributed by atoms with Crippen LogP contribution in [0, 0.1) is 6.92 Å². The number of likely N-dealkylation sites (tertiary alicyclic amines) is 1. The second kappa shape index (κ2) is 8.76. The van der Waals surface area contributed by atoms with Crippen LogP contribution in [-0.2, 0) is 10.0 Å². The van der Waals surface area contributed by atoms with Gasteiger partial charge in [-0.05, 0) is 49.6 Å². The van der Waals surface area contributed by atoms with Gasteiger partial charge in [0.1, 0.15) is 4.90 Å². The Morgan fingerprint density at radius 2 is 1.78 bits per heavy atom. The van der Waals surface area contributed by atoms with Gasteiger partial charge in [0, 0.05) is 60.3 Å². The normalized spacial score (nSPS) is 20.1. The fourth-order valence-corrected chi connectivity index (χ4v) is 7.37. The van der Waals surface area contributed by atoms with Gasteiger partial charge in [0.25, 0.3) is 5.91 Å². The Morgan fingerprint density at radius 1 is 0.944 bits per heavy atom. The Bertz CT molecular complexity index is 1580. The molecule has 2 atom stereocenters. The molecule has 0 radical (unpaired) electrons. The van der Waals surface area contributed by atoms with Crippen molar-refractivity contribution in [1.82, 2.24) is 24.2 Å². The predicted octanol–water partition coefficient (Wildman–Crippen LogP) is 3.68. The van der Waals surface area contributed by atoms with Crippen molar-refractivity contribution in [2.45, 2.75) is 36.7 Å². The van der Waals surface area contributed by atoms with Gasteiger partial charge >= 0.3 is 0 Å². The highest BCUT2D eigenvalue weighted by molar-refractivity contribution is 7.89. The van der Waals surface area contributed by atoms with Gasteiger partial charge in [-0.15, -0.1) is 0 Å². The maximum absolute atomic E-state index is 13.8. The zero-order valence-electron chi connectivity index (χ0n) is 19.8. The minimum absolute atomic E-state index is 0.0882. The fourth-order valence-electron chi connectivity index (χ4n) is 5.50. The van der Waals surface area contributed by atoms with Crippen LogP contribution in [0.5, 0.6) is 0 Å². The highest BCUT2D eigenvalue weighted by Crippen LogP contribution is 2.37. The average Bonchev–Trinajstić information content (AvgIpc) is 3.51. The first-order chi connectivity index (χ1) is 17.4. The van der Waals surface area contributed by atoms with Gasteiger partial charge in [-0.1, -0.05) is 24.3 Å². The molecule has 2 aliphatic heterocycles. The van der Waals surface area contributed by atoms with Crippen LogP contribution in [0.15, 0.2) is 78.2 Å². The van der Waals surface area contributed by atoms with E-state index in [1.165, 1.54) is 0 Å². The minimum Gasteiger partial charge on any atom is -0.334 e. The van der Waals surface area contributed by atoms with Crippen LogP contribution in [-0.4, -0.2) is 63.7 Å². The third-order valence-corrected chi connectivity index (χ3v) is 9.11. The number of amides is 1. The van der Waals surface area contributed by atoms with Crippen LogP contribution in [0.2, 0.25) is 0 Å². The third kappa shape index (κ3) is 3.75. The molecule has 6 rings (SSSR count). The van der Waals surface area contributed by atoms with Crippen LogP contribution in [0.1, 0.15) is 28.8 Å². The second-order valence-electron chi connectivity index (χ2n) is 9.34. The van der Waals surface area contributed by atoms with Crippen molar-refractivity contribution in [3.05, 3.63) is 84.4 Å². The van der Waals surface area contributed by atoms with E-state index in [4.69, 9.17) is 0 Å². The number of benzene rings is 2. The SMILES string of the molecule is Cc1cnc2c(S(=O)(=O)N3CC[C@@H]4[C@H]3CCN4C(=O)c3cccc(-c4cnccn4)c3)cccc2c1. The molecule has 0 unspecified atom stereocenters. The van der Waals surface area contributed by atoms with E-state index in [9.17, 15) is 13.2 Å². The highest BCUT2D eigenvalue weighted by Gasteiger charge is 2.49. The van der Waals surface area contributed by atoms with Crippen molar-refractivity contribution >= 4 is 26.8 Å². The number of hydrogen-bond acceptors (Lipinski definition) is 6. The summed E-state index contributed by atoms with van der Waals surface area (Å²) in [6.45, 7) is 2.83. The molecule has 182 valence electrons.